The molecule has 1 aliphatic rings. The molecule has 1 unspecified atom stereocenters. The van der Waals surface area contributed by atoms with Crippen LogP contribution in [0.2, 0.25) is 0 Å². The number of aryl methyl sites for hydroxylation is 1. The van der Waals surface area contributed by atoms with Crippen molar-refractivity contribution in [2.45, 2.75) is 39.7 Å². The van der Waals surface area contributed by atoms with E-state index in [1.807, 2.05) is 56.9 Å². The molecular formula is C19H25N3O2. The lowest BCUT2D eigenvalue weighted by molar-refractivity contribution is 0.0327. The van der Waals surface area contributed by atoms with E-state index in [9.17, 15) is 4.79 Å². The summed E-state index contributed by atoms with van der Waals surface area (Å²) in [5.74, 6) is 0.411. The number of aromatic nitrogens is 2. The SMILES string of the molecule is CC1CC=C(c2cccc3c2cnn3C)N(C(=O)OC(C)(C)C)C1. The van der Waals surface area contributed by atoms with Crippen LogP contribution in [0.25, 0.3) is 16.6 Å². The summed E-state index contributed by atoms with van der Waals surface area (Å²) >= 11 is 0. The number of carbonyl (C=O) groups is 1. The smallest absolute Gasteiger partial charge is 0.414 e. The summed E-state index contributed by atoms with van der Waals surface area (Å²) in [5.41, 5.74) is 2.49. The Kier molecular flexibility index (Phi) is 4.11. The second kappa shape index (κ2) is 5.96. The standard InChI is InChI=1S/C19H25N3O2/c1-13-9-10-17(22(12-13)18(23)24-19(2,3)4)14-7-6-8-16-15(14)11-20-21(16)5/h6-8,10-11,13H,9,12H2,1-5H3. The monoisotopic (exact) mass is 327 g/mol. The molecular weight excluding hydrogens is 302 g/mol. The average Bonchev–Trinajstić information content (AvgIpc) is 2.87. The van der Waals surface area contributed by atoms with Gasteiger partial charge in [0.15, 0.2) is 0 Å². The third kappa shape index (κ3) is 3.16. The molecule has 24 heavy (non-hydrogen) atoms. The zero-order chi connectivity index (χ0) is 17.5. The Balaban J connectivity index is 2.04. The Hall–Kier alpha value is -2.30. The summed E-state index contributed by atoms with van der Waals surface area (Å²) in [6, 6.07) is 6.09. The largest absolute Gasteiger partial charge is 0.443 e. The van der Waals surface area contributed by atoms with Crippen molar-refractivity contribution in [2.24, 2.45) is 13.0 Å². The maximum Gasteiger partial charge on any atom is 0.414 e. The van der Waals surface area contributed by atoms with Gasteiger partial charge < -0.3 is 4.74 Å². The van der Waals surface area contributed by atoms with Gasteiger partial charge in [-0.3, -0.25) is 9.58 Å². The van der Waals surface area contributed by atoms with E-state index in [0.717, 1.165) is 28.6 Å². The molecule has 5 heteroatoms. The fourth-order valence-electron chi connectivity index (χ4n) is 3.05. The van der Waals surface area contributed by atoms with Crippen LogP contribution in [0.3, 0.4) is 0 Å². The molecule has 1 atom stereocenters. The molecule has 1 aliphatic heterocycles. The minimum absolute atomic E-state index is 0.291. The van der Waals surface area contributed by atoms with E-state index in [4.69, 9.17) is 4.74 Å². The van der Waals surface area contributed by atoms with Crippen molar-refractivity contribution in [1.29, 1.82) is 0 Å². The van der Waals surface area contributed by atoms with Gasteiger partial charge in [-0.2, -0.15) is 5.10 Å². The van der Waals surface area contributed by atoms with Crippen LogP contribution < -0.4 is 0 Å². The summed E-state index contributed by atoms with van der Waals surface area (Å²) in [6.45, 7) is 8.49. The minimum Gasteiger partial charge on any atom is -0.443 e. The van der Waals surface area contributed by atoms with Crippen LogP contribution in [0.5, 0.6) is 0 Å². The van der Waals surface area contributed by atoms with Gasteiger partial charge in [-0.25, -0.2) is 4.79 Å². The van der Waals surface area contributed by atoms with Gasteiger partial charge in [0.25, 0.3) is 0 Å². The minimum atomic E-state index is -0.511. The van der Waals surface area contributed by atoms with Crippen molar-refractivity contribution in [3.05, 3.63) is 36.0 Å². The number of hydrogen-bond acceptors (Lipinski definition) is 3. The second-order valence-electron chi connectivity index (χ2n) is 7.53. The lowest BCUT2D eigenvalue weighted by atomic mass is 9.97. The molecule has 1 aromatic heterocycles. The highest BCUT2D eigenvalue weighted by atomic mass is 16.6. The third-order valence-electron chi connectivity index (χ3n) is 4.18. The number of allylic oxidation sites excluding steroid dienone is 1. The molecule has 2 aromatic rings. The van der Waals surface area contributed by atoms with Crippen LogP contribution in [0.4, 0.5) is 4.79 Å². The number of rotatable bonds is 1. The summed E-state index contributed by atoms with van der Waals surface area (Å²) in [7, 11) is 1.93. The fourth-order valence-corrected chi connectivity index (χ4v) is 3.05. The van der Waals surface area contributed by atoms with Crippen molar-refractivity contribution < 1.29 is 9.53 Å². The predicted octanol–water partition coefficient (Wildman–Crippen LogP) is 4.19. The summed E-state index contributed by atoms with van der Waals surface area (Å²) < 4.78 is 7.47. The highest BCUT2D eigenvalue weighted by Crippen LogP contribution is 2.33. The van der Waals surface area contributed by atoms with E-state index in [1.165, 1.54) is 0 Å². The molecule has 3 rings (SSSR count). The van der Waals surface area contributed by atoms with E-state index in [1.54, 1.807) is 4.90 Å². The number of benzene rings is 1. The maximum absolute atomic E-state index is 12.7. The fraction of sp³-hybridized carbons (Fsp3) is 0.474. The number of nitrogens with zero attached hydrogens (tertiary/aromatic N) is 3. The molecule has 0 fully saturated rings. The van der Waals surface area contributed by atoms with Crippen molar-refractivity contribution in [3.63, 3.8) is 0 Å². The van der Waals surface area contributed by atoms with Crippen LogP contribution in [0.1, 0.15) is 39.7 Å². The van der Waals surface area contributed by atoms with E-state index >= 15 is 0 Å². The van der Waals surface area contributed by atoms with Crippen molar-refractivity contribution >= 4 is 22.7 Å². The first-order chi connectivity index (χ1) is 11.3. The summed E-state index contributed by atoms with van der Waals surface area (Å²) in [4.78, 5) is 14.5. The van der Waals surface area contributed by atoms with Gasteiger partial charge in [0.1, 0.15) is 5.60 Å². The van der Waals surface area contributed by atoms with E-state index < -0.39 is 5.60 Å². The molecule has 128 valence electrons. The van der Waals surface area contributed by atoms with Crippen LogP contribution >= 0.6 is 0 Å². The van der Waals surface area contributed by atoms with Gasteiger partial charge in [-0.1, -0.05) is 25.1 Å². The van der Waals surface area contributed by atoms with Crippen molar-refractivity contribution in [2.75, 3.05) is 6.54 Å². The molecule has 0 aliphatic carbocycles. The van der Waals surface area contributed by atoms with E-state index in [0.29, 0.717) is 12.5 Å². The number of fused-ring (bicyclic) bond motifs is 1. The molecule has 0 radical (unpaired) electrons. The first-order valence-corrected chi connectivity index (χ1v) is 8.38. The van der Waals surface area contributed by atoms with E-state index in [2.05, 4.69) is 18.1 Å². The van der Waals surface area contributed by atoms with Crippen molar-refractivity contribution in [1.82, 2.24) is 14.7 Å². The molecule has 0 N–H and O–H groups in total. The Bertz CT molecular complexity index is 799. The maximum atomic E-state index is 12.7. The normalized spacial score (nSPS) is 18.6. The third-order valence-corrected chi connectivity index (χ3v) is 4.18. The molecule has 5 nitrogen and oxygen atoms in total. The summed E-state index contributed by atoms with van der Waals surface area (Å²) in [6.07, 6.45) is 4.66. The molecule has 0 saturated carbocycles. The van der Waals surface area contributed by atoms with Gasteiger partial charge in [-0.15, -0.1) is 0 Å². The highest BCUT2D eigenvalue weighted by molar-refractivity contribution is 5.95. The average molecular weight is 327 g/mol. The zero-order valence-corrected chi connectivity index (χ0v) is 15.0. The molecule has 1 amide bonds. The van der Waals surface area contributed by atoms with Crippen LogP contribution in [0.15, 0.2) is 30.5 Å². The molecule has 0 spiro atoms. The highest BCUT2D eigenvalue weighted by Gasteiger charge is 2.30. The van der Waals surface area contributed by atoms with Crippen molar-refractivity contribution in [3.8, 4) is 0 Å². The molecule has 0 bridgehead atoms. The molecule has 1 aromatic carbocycles. The van der Waals surface area contributed by atoms with Gasteiger partial charge in [0, 0.05) is 24.5 Å². The topological polar surface area (TPSA) is 47.4 Å². The van der Waals surface area contributed by atoms with Crippen LogP contribution in [-0.2, 0) is 11.8 Å². The van der Waals surface area contributed by atoms with Gasteiger partial charge in [0.2, 0.25) is 0 Å². The lowest BCUT2D eigenvalue weighted by Gasteiger charge is -2.34. The number of carbonyl (C=O) groups excluding carboxylic acids is 1. The first kappa shape index (κ1) is 16.6. The number of amides is 1. The Morgan fingerprint density at radius 2 is 2.08 bits per heavy atom. The number of ether oxygens (including phenoxy) is 1. The second-order valence-corrected chi connectivity index (χ2v) is 7.53. The lowest BCUT2D eigenvalue weighted by Crippen LogP contribution is -2.39. The molecule has 2 heterocycles. The quantitative estimate of drug-likeness (QED) is 0.789. The van der Waals surface area contributed by atoms with E-state index in [-0.39, 0.29) is 6.09 Å². The zero-order valence-electron chi connectivity index (χ0n) is 15.0. The van der Waals surface area contributed by atoms with Gasteiger partial charge in [0.05, 0.1) is 17.4 Å². The summed E-state index contributed by atoms with van der Waals surface area (Å²) in [5, 5.41) is 5.40. The molecule has 0 saturated heterocycles. The van der Waals surface area contributed by atoms with Gasteiger partial charge in [-0.05, 0) is 39.2 Å². The first-order valence-electron chi connectivity index (χ1n) is 8.38. The van der Waals surface area contributed by atoms with Crippen LogP contribution in [-0.4, -0.2) is 32.9 Å². The Morgan fingerprint density at radius 1 is 1.33 bits per heavy atom. The van der Waals surface area contributed by atoms with Gasteiger partial charge >= 0.3 is 6.09 Å². The van der Waals surface area contributed by atoms with Crippen LogP contribution in [0, 0.1) is 5.92 Å². The predicted molar refractivity (Wildman–Crippen MR) is 95.4 cm³/mol. The number of hydrogen-bond donors (Lipinski definition) is 0. The Labute approximate surface area is 142 Å². The Morgan fingerprint density at radius 3 is 2.79 bits per heavy atom.